The number of ether oxygens (including phenoxy) is 1. The number of nitrogens with zero attached hydrogens (tertiary/aromatic N) is 2. The van der Waals surface area contributed by atoms with Crippen molar-refractivity contribution in [1.82, 2.24) is 4.98 Å². The van der Waals surface area contributed by atoms with Crippen LogP contribution in [-0.2, 0) is 6.42 Å². The van der Waals surface area contributed by atoms with E-state index in [1.165, 1.54) is 5.57 Å². The molecule has 0 amide bonds. The predicted octanol–water partition coefficient (Wildman–Crippen LogP) is 5.86. The highest BCUT2D eigenvalue weighted by Crippen LogP contribution is 2.29. The van der Waals surface area contributed by atoms with Crippen LogP contribution in [0.4, 0.5) is 5.82 Å². The Labute approximate surface area is 160 Å². The van der Waals surface area contributed by atoms with Gasteiger partial charge in [-0.25, -0.2) is 0 Å². The second-order valence-electron chi connectivity index (χ2n) is 6.79. The summed E-state index contributed by atoms with van der Waals surface area (Å²) in [4.78, 5) is 4.69. The number of fused-ring (bicyclic) bond motifs is 1. The number of hydrogen-bond donors (Lipinski definition) is 1. The molecule has 4 heteroatoms. The summed E-state index contributed by atoms with van der Waals surface area (Å²) < 4.78 is 5.97. The normalized spacial score (nSPS) is 11.5. The maximum Gasteiger partial charge on any atom is 0.221 e. The molecule has 0 aliphatic carbocycles. The van der Waals surface area contributed by atoms with E-state index in [0.717, 1.165) is 22.2 Å². The molecule has 0 radical (unpaired) electrons. The van der Waals surface area contributed by atoms with E-state index in [1.807, 2.05) is 42.5 Å². The van der Waals surface area contributed by atoms with E-state index in [4.69, 9.17) is 10.00 Å². The summed E-state index contributed by atoms with van der Waals surface area (Å²) in [6.07, 6.45) is 2.56. The molecule has 1 aromatic heterocycles. The smallest absolute Gasteiger partial charge is 0.221 e. The summed E-state index contributed by atoms with van der Waals surface area (Å²) in [5.74, 6) is 2.03. The quantitative estimate of drug-likeness (QED) is 0.561. The highest BCUT2D eigenvalue weighted by atomic mass is 16.5. The van der Waals surface area contributed by atoms with Gasteiger partial charge in [0.15, 0.2) is 0 Å². The number of hydrogen-bond acceptors (Lipinski definition) is 4. The highest BCUT2D eigenvalue weighted by molar-refractivity contribution is 5.92. The van der Waals surface area contributed by atoms with Gasteiger partial charge in [-0.1, -0.05) is 48.0 Å². The topological polar surface area (TPSA) is 57.9 Å². The zero-order valence-corrected chi connectivity index (χ0v) is 15.9. The average molecular weight is 357 g/mol. The van der Waals surface area contributed by atoms with Gasteiger partial charge in [0.2, 0.25) is 5.88 Å². The Hall–Kier alpha value is -3.32. The Balaban J connectivity index is 1.91. The number of anilines is 1. The van der Waals surface area contributed by atoms with E-state index in [2.05, 4.69) is 55.3 Å². The molecule has 2 aromatic carbocycles. The molecule has 27 heavy (non-hydrogen) atoms. The van der Waals surface area contributed by atoms with Crippen LogP contribution >= 0.6 is 0 Å². The van der Waals surface area contributed by atoms with Crippen LogP contribution in [0.25, 0.3) is 10.8 Å². The Morgan fingerprint density at radius 2 is 1.93 bits per heavy atom. The van der Waals surface area contributed by atoms with Crippen LogP contribution in [0.5, 0.6) is 11.6 Å². The van der Waals surface area contributed by atoms with E-state index >= 15 is 0 Å². The third kappa shape index (κ3) is 4.86. The van der Waals surface area contributed by atoms with Gasteiger partial charge in [-0.15, -0.1) is 0 Å². The molecule has 0 aliphatic rings. The van der Waals surface area contributed by atoms with E-state index in [-0.39, 0.29) is 6.04 Å². The number of rotatable bonds is 6. The van der Waals surface area contributed by atoms with E-state index < -0.39 is 0 Å². The van der Waals surface area contributed by atoms with Gasteiger partial charge in [0.05, 0.1) is 12.5 Å². The first-order valence-corrected chi connectivity index (χ1v) is 9.00. The number of pyridine rings is 1. The number of allylic oxidation sites excluding steroid dienone is 1. The van der Waals surface area contributed by atoms with Gasteiger partial charge >= 0.3 is 0 Å². The minimum absolute atomic E-state index is 0.159. The number of aromatic nitrogens is 1. The fourth-order valence-corrected chi connectivity index (χ4v) is 2.98. The minimum atomic E-state index is 0.159. The standard InChI is InChI=1S/C23H23N3O/c1-16(2)14-17(3)25-23-21-7-5-4-6-19(21)15-22(26-23)27-20-10-8-18(9-11-20)12-13-24/h4-11,14-15,17H,12H2,1-3H3,(H,25,26). The fourth-order valence-electron chi connectivity index (χ4n) is 2.98. The molecule has 0 bridgehead atoms. The van der Waals surface area contributed by atoms with Gasteiger partial charge < -0.3 is 10.1 Å². The molecule has 4 nitrogen and oxygen atoms in total. The van der Waals surface area contributed by atoms with Gasteiger partial charge in [0, 0.05) is 17.5 Å². The lowest BCUT2D eigenvalue weighted by atomic mass is 10.1. The molecule has 1 unspecified atom stereocenters. The molecule has 136 valence electrons. The fraction of sp³-hybridized carbons (Fsp3) is 0.217. The van der Waals surface area contributed by atoms with Gasteiger partial charge in [-0.3, -0.25) is 0 Å². The lowest BCUT2D eigenvalue weighted by Gasteiger charge is -2.15. The van der Waals surface area contributed by atoms with Gasteiger partial charge in [0.1, 0.15) is 11.6 Å². The maximum absolute atomic E-state index is 8.78. The molecule has 1 heterocycles. The van der Waals surface area contributed by atoms with Crippen LogP contribution in [0, 0.1) is 11.3 Å². The zero-order valence-electron chi connectivity index (χ0n) is 15.9. The third-order valence-corrected chi connectivity index (χ3v) is 4.09. The van der Waals surface area contributed by atoms with Crippen molar-refractivity contribution in [1.29, 1.82) is 5.26 Å². The largest absolute Gasteiger partial charge is 0.439 e. The second-order valence-corrected chi connectivity index (χ2v) is 6.79. The molecule has 3 aromatic rings. The maximum atomic E-state index is 8.78. The second kappa shape index (κ2) is 8.37. The van der Waals surface area contributed by atoms with Crippen LogP contribution in [0.1, 0.15) is 26.3 Å². The summed E-state index contributed by atoms with van der Waals surface area (Å²) in [6, 6.07) is 19.9. The van der Waals surface area contributed by atoms with Crippen molar-refractivity contribution >= 4 is 16.6 Å². The van der Waals surface area contributed by atoms with Crippen LogP contribution < -0.4 is 10.1 Å². The summed E-state index contributed by atoms with van der Waals surface area (Å²) in [5.41, 5.74) is 2.22. The molecular weight excluding hydrogens is 334 g/mol. The predicted molar refractivity (Wildman–Crippen MR) is 110 cm³/mol. The molecule has 1 atom stereocenters. The molecule has 0 spiro atoms. The van der Waals surface area contributed by atoms with Crippen molar-refractivity contribution in [3.63, 3.8) is 0 Å². The van der Waals surface area contributed by atoms with E-state index in [9.17, 15) is 0 Å². The van der Waals surface area contributed by atoms with Crippen LogP contribution in [0.15, 0.2) is 66.2 Å². The molecule has 1 N–H and O–H groups in total. The number of nitriles is 1. The van der Waals surface area contributed by atoms with Crippen molar-refractivity contribution in [2.24, 2.45) is 0 Å². The first-order chi connectivity index (χ1) is 13.0. The van der Waals surface area contributed by atoms with Crippen molar-refractivity contribution in [3.8, 4) is 17.7 Å². The SMILES string of the molecule is CC(C)=CC(C)Nc1nc(Oc2ccc(CC#N)cc2)cc2ccccc12. The van der Waals surface area contributed by atoms with Gasteiger partial charge in [-0.05, 0) is 43.9 Å². The Morgan fingerprint density at radius 1 is 1.19 bits per heavy atom. The minimum Gasteiger partial charge on any atom is -0.439 e. The van der Waals surface area contributed by atoms with Crippen molar-refractivity contribution in [3.05, 3.63) is 71.8 Å². The summed E-state index contributed by atoms with van der Waals surface area (Å²) in [6.45, 7) is 6.27. The third-order valence-electron chi connectivity index (χ3n) is 4.09. The molecular formula is C23H23N3O. The molecule has 0 fully saturated rings. The lowest BCUT2D eigenvalue weighted by molar-refractivity contribution is 0.464. The summed E-state index contributed by atoms with van der Waals surface area (Å²) in [7, 11) is 0. The Kier molecular flexibility index (Phi) is 5.73. The first-order valence-electron chi connectivity index (χ1n) is 9.00. The Bertz CT molecular complexity index is 996. The molecule has 3 rings (SSSR count). The van der Waals surface area contributed by atoms with E-state index in [1.54, 1.807) is 0 Å². The first kappa shape index (κ1) is 18.5. The van der Waals surface area contributed by atoms with Crippen molar-refractivity contribution in [2.45, 2.75) is 33.2 Å². The summed E-state index contributed by atoms with van der Waals surface area (Å²) in [5, 5.41) is 14.4. The van der Waals surface area contributed by atoms with E-state index in [0.29, 0.717) is 18.1 Å². The van der Waals surface area contributed by atoms with Crippen LogP contribution in [0.2, 0.25) is 0 Å². The van der Waals surface area contributed by atoms with Crippen LogP contribution in [-0.4, -0.2) is 11.0 Å². The van der Waals surface area contributed by atoms with Crippen molar-refractivity contribution in [2.75, 3.05) is 5.32 Å². The summed E-state index contributed by atoms with van der Waals surface area (Å²) >= 11 is 0. The van der Waals surface area contributed by atoms with Gasteiger partial charge in [0.25, 0.3) is 0 Å². The molecule has 0 saturated heterocycles. The number of nitrogens with one attached hydrogen (secondary N) is 1. The van der Waals surface area contributed by atoms with Gasteiger partial charge in [-0.2, -0.15) is 10.2 Å². The number of benzene rings is 2. The zero-order chi connectivity index (χ0) is 19.2. The van der Waals surface area contributed by atoms with Crippen LogP contribution in [0.3, 0.4) is 0 Å². The lowest BCUT2D eigenvalue weighted by Crippen LogP contribution is -2.14. The molecule has 0 aliphatic heterocycles. The van der Waals surface area contributed by atoms with Crippen molar-refractivity contribution < 1.29 is 4.74 Å². The Morgan fingerprint density at radius 3 is 2.63 bits per heavy atom. The average Bonchev–Trinajstić information content (AvgIpc) is 2.63. The monoisotopic (exact) mass is 357 g/mol. The highest BCUT2D eigenvalue weighted by Gasteiger charge is 2.09. The molecule has 0 saturated carbocycles.